The quantitative estimate of drug-likeness (QED) is 0.524. The van der Waals surface area contributed by atoms with E-state index in [-0.39, 0.29) is 28.1 Å². The van der Waals surface area contributed by atoms with Crippen LogP contribution in [0.5, 0.6) is 0 Å². The van der Waals surface area contributed by atoms with Crippen LogP contribution in [0.3, 0.4) is 0 Å². The topological polar surface area (TPSA) is 140 Å². The Morgan fingerprint density at radius 3 is 2.50 bits per heavy atom. The molecule has 1 unspecified atom stereocenters. The number of carbonyl (C=O) groups is 1. The second-order valence-corrected chi connectivity index (χ2v) is 9.86. The van der Waals surface area contributed by atoms with Crippen LogP contribution in [0, 0.1) is 5.82 Å². The Bertz CT molecular complexity index is 1330. The van der Waals surface area contributed by atoms with Gasteiger partial charge in [-0.1, -0.05) is 0 Å². The molecule has 1 aromatic heterocycles. The molecule has 0 bridgehead atoms. The van der Waals surface area contributed by atoms with Gasteiger partial charge in [-0.25, -0.2) is 22.6 Å². The summed E-state index contributed by atoms with van der Waals surface area (Å²) in [6.07, 6.45) is 1.04. The third kappa shape index (κ3) is 5.13. The van der Waals surface area contributed by atoms with E-state index in [1.54, 1.807) is 24.3 Å². The van der Waals surface area contributed by atoms with Crippen molar-refractivity contribution >= 4 is 27.5 Å². The molecular formula is C22H23FN6O4S. The van der Waals surface area contributed by atoms with Gasteiger partial charge in [0.1, 0.15) is 5.82 Å². The number of hydrogen-bond donors (Lipinski definition) is 2. The highest BCUT2D eigenvalue weighted by Crippen LogP contribution is 2.30. The van der Waals surface area contributed by atoms with Gasteiger partial charge >= 0.3 is 6.03 Å². The lowest BCUT2D eigenvalue weighted by Crippen LogP contribution is -2.44. The van der Waals surface area contributed by atoms with Crippen LogP contribution in [0.1, 0.15) is 6.92 Å². The molecule has 2 heterocycles. The average molecular weight is 487 g/mol. The number of amides is 2. The summed E-state index contributed by atoms with van der Waals surface area (Å²) in [5.74, 6) is -0.0163. The molecule has 3 aromatic rings. The van der Waals surface area contributed by atoms with Gasteiger partial charge in [0.15, 0.2) is 21.5 Å². The van der Waals surface area contributed by atoms with Crippen LogP contribution >= 0.6 is 0 Å². The maximum absolute atomic E-state index is 14.2. The van der Waals surface area contributed by atoms with E-state index in [2.05, 4.69) is 20.3 Å². The van der Waals surface area contributed by atoms with E-state index in [1.165, 1.54) is 6.07 Å². The van der Waals surface area contributed by atoms with Crippen molar-refractivity contribution in [1.29, 1.82) is 0 Å². The Kier molecular flexibility index (Phi) is 6.44. The largest absolute Gasteiger partial charge is 0.377 e. The van der Waals surface area contributed by atoms with Gasteiger partial charge in [0.05, 0.1) is 24.2 Å². The minimum absolute atomic E-state index is 0.0259. The molecule has 3 N–H and O–H groups in total. The summed E-state index contributed by atoms with van der Waals surface area (Å²) < 4.78 is 44.5. The number of sulfone groups is 1. The molecule has 0 spiro atoms. The van der Waals surface area contributed by atoms with Gasteiger partial charge in [0, 0.05) is 29.6 Å². The average Bonchev–Trinajstić information content (AvgIpc) is 2.78. The molecule has 12 heteroatoms. The highest BCUT2D eigenvalue weighted by Gasteiger charge is 2.25. The number of hydrogen-bond acceptors (Lipinski definition) is 8. The van der Waals surface area contributed by atoms with Crippen LogP contribution in [0.25, 0.3) is 22.8 Å². The molecule has 10 nitrogen and oxygen atoms in total. The molecule has 0 aliphatic carbocycles. The maximum Gasteiger partial charge on any atom is 0.316 e. The van der Waals surface area contributed by atoms with Crippen molar-refractivity contribution in [3.63, 3.8) is 0 Å². The normalized spacial score (nSPS) is 16.3. The first kappa shape index (κ1) is 23.5. The SMILES string of the molecule is CC1COCCN1c1nc(-c2ccc(NC(N)=O)cc2)nc(-c2cc(F)ccc2S(C)(=O)=O)n1. The van der Waals surface area contributed by atoms with E-state index >= 15 is 0 Å². The molecule has 1 atom stereocenters. The zero-order chi connectivity index (χ0) is 24.5. The van der Waals surface area contributed by atoms with Crippen molar-refractivity contribution in [2.45, 2.75) is 17.9 Å². The Labute approximate surface area is 195 Å². The van der Waals surface area contributed by atoms with E-state index in [0.717, 1.165) is 18.4 Å². The highest BCUT2D eigenvalue weighted by molar-refractivity contribution is 7.90. The number of aromatic nitrogens is 3. The standard InChI is InChI=1S/C22H23FN6O4S/c1-13-12-33-10-9-29(13)22-27-19(14-3-6-16(7-4-14)25-21(24)30)26-20(28-22)17-11-15(23)5-8-18(17)34(2,31)32/h3-8,11,13H,9-10,12H2,1-2H3,(H3,24,25,30). The predicted molar refractivity (Wildman–Crippen MR) is 125 cm³/mol. The fourth-order valence-electron chi connectivity index (χ4n) is 3.61. The predicted octanol–water partition coefficient (Wildman–Crippen LogP) is 2.46. The van der Waals surface area contributed by atoms with Gasteiger partial charge < -0.3 is 20.7 Å². The maximum atomic E-state index is 14.2. The van der Waals surface area contributed by atoms with Gasteiger partial charge in [-0.15, -0.1) is 0 Å². The molecule has 1 aliphatic heterocycles. The number of morpholine rings is 1. The van der Waals surface area contributed by atoms with Crippen LogP contribution in [0.4, 0.5) is 20.8 Å². The van der Waals surface area contributed by atoms with Crippen LogP contribution in [-0.2, 0) is 14.6 Å². The summed E-state index contributed by atoms with van der Waals surface area (Å²) in [4.78, 5) is 26.5. The molecule has 1 fully saturated rings. The summed E-state index contributed by atoms with van der Waals surface area (Å²) in [6.45, 7) is 3.42. The Morgan fingerprint density at radius 2 is 1.85 bits per heavy atom. The Morgan fingerprint density at radius 1 is 1.15 bits per heavy atom. The minimum atomic E-state index is -3.69. The monoisotopic (exact) mass is 486 g/mol. The number of urea groups is 1. The summed E-state index contributed by atoms with van der Waals surface area (Å²) in [5.41, 5.74) is 6.26. The zero-order valence-corrected chi connectivity index (χ0v) is 19.3. The molecule has 2 aromatic carbocycles. The van der Waals surface area contributed by atoms with Crippen molar-refractivity contribution in [3.8, 4) is 22.8 Å². The molecular weight excluding hydrogens is 463 g/mol. The van der Waals surface area contributed by atoms with Crippen molar-refractivity contribution in [1.82, 2.24) is 15.0 Å². The molecule has 4 rings (SSSR count). The first-order valence-corrected chi connectivity index (χ1v) is 12.3. The second-order valence-electron chi connectivity index (χ2n) is 7.88. The van der Waals surface area contributed by atoms with Crippen LogP contribution in [-0.4, -0.2) is 61.5 Å². The summed E-state index contributed by atoms with van der Waals surface area (Å²) in [7, 11) is -3.69. The Hall–Kier alpha value is -3.64. The number of ether oxygens (including phenoxy) is 1. The van der Waals surface area contributed by atoms with Crippen molar-refractivity contribution in [3.05, 3.63) is 48.3 Å². The molecule has 1 saturated heterocycles. The lowest BCUT2D eigenvalue weighted by Gasteiger charge is -2.33. The smallest absolute Gasteiger partial charge is 0.316 e. The number of rotatable bonds is 5. The van der Waals surface area contributed by atoms with Gasteiger partial charge in [0.25, 0.3) is 0 Å². The molecule has 2 amide bonds. The van der Waals surface area contributed by atoms with Crippen molar-refractivity contribution < 1.29 is 22.3 Å². The van der Waals surface area contributed by atoms with E-state index < -0.39 is 21.7 Å². The molecule has 34 heavy (non-hydrogen) atoms. The van der Waals surface area contributed by atoms with Crippen LogP contribution in [0.15, 0.2) is 47.4 Å². The number of primary amides is 1. The lowest BCUT2D eigenvalue weighted by molar-refractivity contribution is 0.0981. The van der Waals surface area contributed by atoms with Crippen molar-refractivity contribution in [2.75, 3.05) is 36.2 Å². The number of benzene rings is 2. The van der Waals surface area contributed by atoms with Gasteiger partial charge in [0.2, 0.25) is 5.95 Å². The molecule has 0 radical (unpaired) electrons. The fourth-order valence-corrected chi connectivity index (χ4v) is 4.48. The van der Waals surface area contributed by atoms with E-state index in [9.17, 15) is 17.6 Å². The van der Waals surface area contributed by atoms with E-state index in [1.807, 2.05) is 11.8 Å². The molecule has 178 valence electrons. The van der Waals surface area contributed by atoms with Gasteiger partial charge in [-0.05, 0) is 49.4 Å². The van der Waals surface area contributed by atoms with Gasteiger partial charge in [-0.3, -0.25) is 0 Å². The molecule has 0 saturated carbocycles. The van der Waals surface area contributed by atoms with Crippen LogP contribution < -0.4 is 16.0 Å². The third-order valence-corrected chi connectivity index (χ3v) is 6.40. The van der Waals surface area contributed by atoms with Crippen LogP contribution in [0.2, 0.25) is 0 Å². The first-order chi connectivity index (χ1) is 16.1. The number of carbonyl (C=O) groups excluding carboxylic acids is 1. The van der Waals surface area contributed by atoms with Crippen molar-refractivity contribution in [2.24, 2.45) is 5.73 Å². The zero-order valence-electron chi connectivity index (χ0n) is 18.5. The lowest BCUT2D eigenvalue weighted by atomic mass is 10.1. The number of nitrogens with one attached hydrogen (secondary N) is 1. The number of nitrogens with zero attached hydrogens (tertiary/aromatic N) is 4. The minimum Gasteiger partial charge on any atom is -0.377 e. The van der Waals surface area contributed by atoms with E-state index in [4.69, 9.17) is 10.5 Å². The third-order valence-electron chi connectivity index (χ3n) is 5.24. The fraction of sp³-hybridized carbons (Fsp3) is 0.273. The second kappa shape index (κ2) is 9.31. The van der Waals surface area contributed by atoms with Gasteiger partial charge in [-0.2, -0.15) is 9.97 Å². The molecule has 1 aliphatic rings. The summed E-state index contributed by atoms with van der Waals surface area (Å²) in [6, 6.07) is 9.26. The summed E-state index contributed by atoms with van der Waals surface area (Å²) >= 11 is 0. The number of halogens is 1. The summed E-state index contributed by atoms with van der Waals surface area (Å²) in [5, 5.41) is 2.48. The number of anilines is 2. The number of nitrogens with two attached hydrogens (primary N) is 1. The Balaban J connectivity index is 1.89. The highest BCUT2D eigenvalue weighted by atomic mass is 32.2. The van der Waals surface area contributed by atoms with E-state index in [0.29, 0.717) is 37.0 Å². The first-order valence-electron chi connectivity index (χ1n) is 10.4.